The van der Waals surface area contributed by atoms with Crippen LogP contribution in [0, 0.1) is 17.8 Å². The molecule has 2 aliphatic heterocycles. The Hall–Kier alpha value is -2.78. The summed E-state index contributed by atoms with van der Waals surface area (Å²) in [5, 5.41) is 12.8. The van der Waals surface area contributed by atoms with Crippen LogP contribution < -0.4 is 14.8 Å². The molecule has 2 heterocycles. The first-order valence-electron chi connectivity index (χ1n) is 10.7. The number of carbonyl (C=O) groups is 4. The number of rotatable bonds is 3. The lowest BCUT2D eigenvalue weighted by molar-refractivity contribution is -0.138. The average Bonchev–Trinajstić information content (AvgIpc) is 3.17. The molecule has 0 aromatic heterocycles. The van der Waals surface area contributed by atoms with Gasteiger partial charge in [-0.25, -0.2) is 0 Å². The number of likely N-dealkylation sites (tertiary alicyclic amines) is 1. The molecule has 34 heavy (non-hydrogen) atoms. The summed E-state index contributed by atoms with van der Waals surface area (Å²) in [7, 11) is 4.04. The number of ether oxygens (including phenoxy) is 2. The van der Waals surface area contributed by atoms with Crippen molar-refractivity contribution in [3.05, 3.63) is 29.3 Å². The van der Waals surface area contributed by atoms with Crippen molar-refractivity contribution in [2.24, 2.45) is 17.8 Å². The standard InChI is InChI=1S/C23H22Cl2N2O7/c1-27-20(31)22(24)8-12-10(4-5-11-15(12)19(30)26-18(11)29)16(23(22,25)21(27)32)9-6-13(33-2)17(28)14(7-9)34-3/h4,6-7,11-12,15-16,28H,5,8H2,1-3H3,(H,26,29,30)/t11-,12+,15-,16-,22+,23-/m0/s1. The maximum absolute atomic E-state index is 13.5. The second-order valence-electron chi connectivity index (χ2n) is 9.13. The minimum Gasteiger partial charge on any atom is -0.502 e. The molecule has 180 valence electrons. The van der Waals surface area contributed by atoms with Crippen LogP contribution in [0.15, 0.2) is 23.8 Å². The SMILES string of the molecule is COc1cc([C@H]2C3=CC[C@@H]4C(=O)NC(=O)[C@@H]4[C@@H]3C[C@@]3(Cl)C(=O)N(C)C(=O)[C@@]23Cl)cc(OC)c1O. The summed E-state index contributed by atoms with van der Waals surface area (Å²) in [6, 6.07) is 3.02. The molecule has 0 bridgehead atoms. The number of imide groups is 2. The minimum absolute atomic E-state index is 0.0742. The Kier molecular flexibility index (Phi) is 4.97. The van der Waals surface area contributed by atoms with Gasteiger partial charge in [-0.05, 0) is 36.5 Å². The maximum Gasteiger partial charge on any atom is 0.253 e. The summed E-state index contributed by atoms with van der Waals surface area (Å²) in [5.41, 5.74) is 1.06. The van der Waals surface area contributed by atoms with Gasteiger partial charge in [-0.15, -0.1) is 23.2 Å². The largest absolute Gasteiger partial charge is 0.502 e. The van der Waals surface area contributed by atoms with Gasteiger partial charge in [0.05, 0.1) is 26.1 Å². The van der Waals surface area contributed by atoms with E-state index in [2.05, 4.69) is 5.32 Å². The van der Waals surface area contributed by atoms with E-state index < -0.39 is 51.1 Å². The van der Waals surface area contributed by atoms with Crippen LogP contribution >= 0.6 is 23.2 Å². The smallest absolute Gasteiger partial charge is 0.253 e. The molecule has 3 fully saturated rings. The Morgan fingerprint density at radius 1 is 1.03 bits per heavy atom. The number of aromatic hydroxyl groups is 1. The summed E-state index contributed by atoms with van der Waals surface area (Å²) >= 11 is 14.1. The lowest BCUT2D eigenvalue weighted by atomic mass is 9.56. The Balaban J connectivity index is 1.78. The first kappa shape index (κ1) is 23.0. The number of benzene rings is 1. The highest BCUT2D eigenvalue weighted by Crippen LogP contribution is 2.65. The molecule has 5 rings (SSSR count). The second kappa shape index (κ2) is 7.36. The number of carbonyl (C=O) groups excluding carboxylic acids is 4. The number of allylic oxidation sites excluding steroid dienone is 2. The molecule has 4 aliphatic rings. The Bertz CT molecular complexity index is 1170. The van der Waals surface area contributed by atoms with E-state index in [1.807, 2.05) is 6.08 Å². The fourth-order valence-electron chi connectivity index (χ4n) is 6.11. The Morgan fingerprint density at radius 2 is 1.65 bits per heavy atom. The topological polar surface area (TPSA) is 122 Å². The molecule has 2 aliphatic carbocycles. The number of nitrogens with one attached hydrogen (secondary N) is 1. The highest BCUT2D eigenvalue weighted by atomic mass is 35.5. The lowest BCUT2D eigenvalue weighted by Gasteiger charge is -2.50. The van der Waals surface area contributed by atoms with Gasteiger partial charge in [0.1, 0.15) is 0 Å². The second-order valence-corrected chi connectivity index (χ2v) is 10.4. The first-order chi connectivity index (χ1) is 16.0. The van der Waals surface area contributed by atoms with Crippen LogP contribution in [0.3, 0.4) is 0 Å². The van der Waals surface area contributed by atoms with Crippen molar-refractivity contribution in [3.8, 4) is 17.2 Å². The van der Waals surface area contributed by atoms with Gasteiger partial charge in [-0.1, -0.05) is 11.6 Å². The molecule has 9 nitrogen and oxygen atoms in total. The van der Waals surface area contributed by atoms with Gasteiger partial charge in [-0.2, -0.15) is 0 Å². The molecule has 0 unspecified atom stereocenters. The van der Waals surface area contributed by atoms with Crippen molar-refractivity contribution in [1.82, 2.24) is 10.2 Å². The fraction of sp³-hybridized carbons (Fsp3) is 0.478. The molecule has 4 amide bonds. The molecule has 6 atom stereocenters. The zero-order valence-electron chi connectivity index (χ0n) is 18.6. The van der Waals surface area contributed by atoms with Crippen LogP contribution in [0.4, 0.5) is 0 Å². The van der Waals surface area contributed by atoms with E-state index in [0.717, 1.165) is 4.90 Å². The molecule has 1 saturated carbocycles. The number of methoxy groups -OCH3 is 2. The van der Waals surface area contributed by atoms with Gasteiger partial charge in [0.15, 0.2) is 21.2 Å². The molecule has 0 radical (unpaired) electrons. The van der Waals surface area contributed by atoms with E-state index >= 15 is 0 Å². The van der Waals surface area contributed by atoms with Crippen molar-refractivity contribution in [1.29, 1.82) is 0 Å². The zero-order chi connectivity index (χ0) is 24.7. The maximum atomic E-state index is 13.5. The van der Waals surface area contributed by atoms with E-state index in [1.54, 1.807) is 0 Å². The van der Waals surface area contributed by atoms with Gasteiger partial charge < -0.3 is 14.6 Å². The van der Waals surface area contributed by atoms with Gasteiger partial charge >= 0.3 is 0 Å². The van der Waals surface area contributed by atoms with Crippen molar-refractivity contribution >= 4 is 46.8 Å². The zero-order valence-corrected chi connectivity index (χ0v) is 20.1. The van der Waals surface area contributed by atoms with Crippen LogP contribution in [-0.4, -0.2) is 64.7 Å². The normalized spacial score (nSPS) is 36.5. The van der Waals surface area contributed by atoms with Crippen molar-refractivity contribution < 1.29 is 33.8 Å². The highest BCUT2D eigenvalue weighted by Gasteiger charge is 2.75. The van der Waals surface area contributed by atoms with Crippen LogP contribution in [0.25, 0.3) is 0 Å². The minimum atomic E-state index is -1.92. The van der Waals surface area contributed by atoms with Crippen molar-refractivity contribution in [2.75, 3.05) is 21.3 Å². The van der Waals surface area contributed by atoms with Crippen LogP contribution in [-0.2, 0) is 19.2 Å². The quantitative estimate of drug-likeness (QED) is 0.361. The van der Waals surface area contributed by atoms with Gasteiger partial charge in [0.25, 0.3) is 11.8 Å². The number of amides is 4. The molecule has 1 aromatic rings. The van der Waals surface area contributed by atoms with Gasteiger partial charge in [0, 0.05) is 13.0 Å². The van der Waals surface area contributed by atoms with Crippen LogP contribution in [0.1, 0.15) is 24.3 Å². The van der Waals surface area contributed by atoms with E-state index in [0.29, 0.717) is 11.1 Å². The summed E-state index contributed by atoms with van der Waals surface area (Å²) < 4.78 is 10.6. The average molecular weight is 509 g/mol. The summed E-state index contributed by atoms with van der Waals surface area (Å²) in [4.78, 5) is 49.0. The number of halogens is 2. The van der Waals surface area contributed by atoms with Crippen molar-refractivity contribution in [2.45, 2.75) is 28.5 Å². The number of hydrogen-bond acceptors (Lipinski definition) is 7. The van der Waals surface area contributed by atoms with E-state index in [1.165, 1.54) is 33.4 Å². The number of fused-ring (bicyclic) bond motifs is 4. The van der Waals surface area contributed by atoms with Crippen LogP contribution in [0.2, 0.25) is 0 Å². The molecule has 1 aromatic carbocycles. The van der Waals surface area contributed by atoms with Crippen molar-refractivity contribution in [3.63, 3.8) is 0 Å². The number of phenolic OH excluding ortho intramolecular Hbond substituents is 1. The number of phenols is 1. The summed E-state index contributed by atoms with van der Waals surface area (Å²) in [6.45, 7) is 0. The summed E-state index contributed by atoms with van der Waals surface area (Å²) in [5.74, 6) is -5.11. The Morgan fingerprint density at radius 3 is 2.24 bits per heavy atom. The predicted molar refractivity (Wildman–Crippen MR) is 120 cm³/mol. The van der Waals surface area contributed by atoms with E-state index in [4.69, 9.17) is 32.7 Å². The van der Waals surface area contributed by atoms with Gasteiger partial charge in [0.2, 0.25) is 17.6 Å². The third-order valence-corrected chi connectivity index (χ3v) is 9.11. The number of hydrogen-bond donors (Lipinski definition) is 2. The molecular weight excluding hydrogens is 487 g/mol. The third-order valence-electron chi connectivity index (χ3n) is 7.69. The highest BCUT2D eigenvalue weighted by molar-refractivity contribution is 6.53. The fourth-order valence-corrected chi connectivity index (χ4v) is 7.13. The third kappa shape index (κ3) is 2.62. The molecule has 0 spiro atoms. The van der Waals surface area contributed by atoms with E-state index in [9.17, 15) is 24.3 Å². The van der Waals surface area contributed by atoms with Gasteiger partial charge in [-0.3, -0.25) is 29.4 Å². The molecule has 2 N–H and O–H groups in total. The predicted octanol–water partition coefficient (Wildman–Crippen LogP) is 1.69. The molecule has 2 saturated heterocycles. The van der Waals surface area contributed by atoms with E-state index in [-0.39, 0.29) is 36.0 Å². The number of nitrogens with zero attached hydrogens (tertiary/aromatic N) is 1. The molecular formula is C23H22Cl2N2O7. The lowest BCUT2D eigenvalue weighted by Crippen LogP contribution is -2.60. The molecule has 11 heteroatoms. The number of alkyl halides is 2. The first-order valence-corrected chi connectivity index (χ1v) is 11.5. The monoisotopic (exact) mass is 508 g/mol. The Labute approximate surface area is 205 Å². The van der Waals surface area contributed by atoms with Crippen LogP contribution in [0.5, 0.6) is 17.2 Å². The summed E-state index contributed by atoms with van der Waals surface area (Å²) in [6.07, 6.45) is 2.01.